The lowest BCUT2D eigenvalue weighted by molar-refractivity contribution is -0.118. The van der Waals surface area contributed by atoms with Crippen LogP contribution in [0.5, 0.6) is 5.75 Å². The number of amides is 2. The first-order chi connectivity index (χ1) is 13.9. The SMILES string of the molecule is Cc1cccc(NC(=O)c2cccc(NC(=O)COc3ccc(C)cc3C)c2)c1. The second-order valence-corrected chi connectivity index (χ2v) is 7.01. The van der Waals surface area contributed by atoms with Gasteiger partial charge in [0.05, 0.1) is 0 Å². The summed E-state index contributed by atoms with van der Waals surface area (Å²) in [4.78, 5) is 24.7. The summed E-state index contributed by atoms with van der Waals surface area (Å²) in [5, 5.41) is 5.63. The Morgan fingerprint density at radius 2 is 1.48 bits per heavy atom. The number of aryl methyl sites for hydroxylation is 3. The van der Waals surface area contributed by atoms with Gasteiger partial charge in [-0.15, -0.1) is 0 Å². The number of hydrogen-bond acceptors (Lipinski definition) is 3. The monoisotopic (exact) mass is 388 g/mol. The molecule has 5 heteroatoms. The van der Waals surface area contributed by atoms with Crippen molar-refractivity contribution in [2.75, 3.05) is 17.2 Å². The van der Waals surface area contributed by atoms with Crippen molar-refractivity contribution in [1.29, 1.82) is 0 Å². The molecule has 0 aliphatic rings. The highest BCUT2D eigenvalue weighted by molar-refractivity contribution is 6.05. The molecule has 0 aliphatic carbocycles. The molecule has 29 heavy (non-hydrogen) atoms. The molecule has 148 valence electrons. The van der Waals surface area contributed by atoms with Gasteiger partial charge in [-0.3, -0.25) is 9.59 Å². The molecule has 2 N–H and O–H groups in total. The third-order valence-electron chi connectivity index (χ3n) is 4.37. The second kappa shape index (κ2) is 9.06. The molecule has 2 amide bonds. The standard InChI is InChI=1S/C24H24N2O3/c1-16-6-4-8-20(13-16)26-24(28)19-7-5-9-21(14-19)25-23(27)15-29-22-11-10-17(2)12-18(22)3/h4-14H,15H2,1-3H3,(H,25,27)(H,26,28). The lowest BCUT2D eigenvalue weighted by Gasteiger charge is -2.11. The molecular weight excluding hydrogens is 364 g/mol. The smallest absolute Gasteiger partial charge is 0.262 e. The van der Waals surface area contributed by atoms with E-state index in [4.69, 9.17) is 4.74 Å². The van der Waals surface area contributed by atoms with Crippen molar-refractivity contribution >= 4 is 23.2 Å². The van der Waals surface area contributed by atoms with E-state index in [0.29, 0.717) is 17.0 Å². The number of anilines is 2. The Kier molecular flexibility index (Phi) is 6.29. The fourth-order valence-electron chi connectivity index (χ4n) is 2.97. The Bertz CT molecular complexity index is 1040. The predicted octanol–water partition coefficient (Wildman–Crippen LogP) is 4.88. The lowest BCUT2D eigenvalue weighted by atomic mass is 10.1. The predicted molar refractivity (Wildman–Crippen MR) is 116 cm³/mol. The minimum absolute atomic E-state index is 0.108. The van der Waals surface area contributed by atoms with Crippen LogP contribution in [0.15, 0.2) is 66.7 Å². The van der Waals surface area contributed by atoms with Gasteiger partial charge in [0.25, 0.3) is 11.8 Å². The zero-order chi connectivity index (χ0) is 20.8. The maximum atomic E-state index is 12.5. The average molecular weight is 388 g/mol. The summed E-state index contributed by atoms with van der Waals surface area (Å²) in [6.07, 6.45) is 0. The summed E-state index contributed by atoms with van der Waals surface area (Å²) in [6, 6.07) is 20.2. The van der Waals surface area contributed by atoms with Crippen LogP contribution in [0.4, 0.5) is 11.4 Å². The molecule has 3 aromatic carbocycles. The van der Waals surface area contributed by atoms with Crippen molar-refractivity contribution in [3.8, 4) is 5.75 Å². The first-order valence-corrected chi connectivity index (χ1v) is 9.39. The number of ether oxygens (including phenoxy) is 1. The van der Waals surface area contributed by atoms with E-state index in [9.17, 15) is 9.59 Å². The summed E-state index contributed by atoms with van der Waals surface area (Å²) in [5.41, 5.74) is 4.90. The first kappa shape index (κ1) is 20.1. The molecule has 0 aliphatic heterocycles. The third kappa shape index (κ3) is 5.69. The zero-order valence-electron chi connectivity index (χ0n) is 16.8. The molecule has 5 nitrogen and oxygen atoms in total. The topological polar surface area (TPSA) is 67.4 Å². The van der Waals surface area contributed by atoms with Crippen LogP contribution in [0.2, 0.25) is 0 Å². The number of rotatable bonds is 6. The van der Waals surface area contributed by atoms with Crippen molar-refractivity contribution in [3.05, 3.63) is 89.0 Å². The van der Waals surface area contributed by atoms with Gasteiger partial charge in [0.15, 0.2) is 6.61 Å². The van der Waals surface area contributed by atoms with Crippen LogP contribution in [0.3, 0.4) is 0 Å². The van der Waals surface area contributed by atoms with Crippen molar-refractivity contribution in [2.24, 2.45) is 0 Å². The summed E-state index contributed by atoms with van der Waals surface area (Å²) >= 11 is 0. The maximum Gasteiger partial charge on any atom is 0.262 e. The van der Waals surface area contributed by atoms with Crippen LogP contribution in [0, 0.1) is 20.8 Å². The van der Waals surface area contributed by atoms with E-state index in [1.165, 1.54) is 0 Å². The van der Waals surface area contributed by atoms with Gasteiger partial charge in [0, 0.05) is 16.9 Å². The van der Waals surface area contributed by atoms with E-state index in [-0.39, 0.29) is 18.4 Å². The Balaban J connectivity index is 1.60. The van der Waals surface area contributed by atoms with Gasteiger partial charge in [-0.2, -0.15) is 0 Å². The second-order valence-electron chi connectivity index (χ2n) is 7.01. The number of nitrogens with one attached hydrogen (secondary N) is 2. The van der Waals surface area contributed by atoms with Crippen molar-refractivity contribution in [1.82, 2.24) is 0 Å². The highest BCUT2D eigenvalue weighted by Gasteiger charge is 2.10. The molecule has 0 atom stereocenters. The van der Waals surface area contributed by atoms with Gasteiger partial charge in [0.1, 0.15) is 5.75 Å². The zero-order valence-corrected chi connectivity index (χ0v) is 16.8. The van der Waals surface area contributed by atoms with Crippen LogP contribution >= 0.6 is 0 Å². The molecule has 0 heterocycles. The summed E-state index contributed by atoms with van der Waals surface area (Å²) in [5.74, 6) is 0.150. The van der Waals surface area contributed by atoms with E-state index >= 15 is 0 Å². The number of benzene rings is 3. The number of carbonyl (C=O) groups excluding carboxylic acids is 2. The van der Waals surface area contributed by atoms with Crippen LogP contribution in [-0.4, -0.2) is 18.4 Å². The molecule has 0 radical (unpaired) electrons. The minimum Gasteiger partial charge on any atom is -0.483 e. The lowest BCUT2D eigenvalue weighted by Crippen LogP contribution is -2.21. The fourth-order valence-corrected chi connectivity index (χ4v) is 2.97. The first-order valence-electron chi connectivity index (χ1n) is 9.39. The molecule has 3 rings (SSSR count). The van der Waals surface area contributed by atoms with E-state index < -0.39 is 0 Å². The molecular formula is C24H24N2O3. The molecule has 3 aromatic rings. The Morgan fingerprint density at radius 1 is 0.793 bits per heavy atom. The van der Waals surface area contributed by atoms with Gasteiger partial charge >= 0.3 is 0 Å². The number of hydrogen-bond donors (Lipinski definition) is 2. The van der Waals surface area contributed by atoms with E-state index in [0.717, 1.165) is 22.4 Å². The summed E-state index contributed by atoms with van der Waals surface area (Å²) in [7, 11) is 0. The normalized spacial score (nSPS) is 10.3. The van der Waals surface area contributed by atoms with Crippen LogP contribution in [-0.2, 0) is 4.79 Å². The van der Waals surface area contributed by atoms with Crippen LogP contribution < -0.4 is 15.4 Å². The molecule has 0 spiro atoms. The van der Waals surface area contributed by atoms with Gasteiger partial charge in [-0.25, -0.2) is 0 Å². The quantitative estimate of drug-likeness (QED) is 0.632. The molecule has 0 fully saturated rings. The third-order valence-corrected chi connectivity index (χ3v) is 4.37. The van der Waals surface area contributed by atoms with Gasteiger partial charge in [0.2, 0.25) is 0 Å². The summed E-state index contributed by atoms with van der Waals surface area (Å²) in [6.45, 7) is 5.80. The molecule has 0 aromatic heterocycles. The van der Waals surface area contributed by atoms with Gasteiger partial charge in [-0.05, 0) is 68.3 Å². The van der Waals surface area contributed by atoms with E-state index in [1.807, 2.05) is 63.2 Å². The van der Waals surface area contributed by atoms with Gasteiger partial charge in [-0.1, -0.05) is 35.9 Å². The number of carbonyl (C=O) groups is 2. The van der Waals surface area contributed by atoms with Crippen molar-refractivity contribution in [2.45, 2.75) is 20.8 Å². The Morgan fingerprint density at radius 3 is 2.21 bits per heavy atom. The van der Waals surface area contributed by atoms with E-state index in [1.54, 1.807) is 24.3 Å². The molecule has 0 saturated heterocycles. The largest absolute Gasteiger partial charge is 0.483 e. The minimum atomic E-state index is -0.291. The molecule has 0 bridgehead atoms. The van der Waals surface area contributed by atoms with E-state index in [2.05, 4.69) is 10.6 Å². The Hall–Kier alpha value is -3.60. The maximum absolute atomic E-state index is 12.5. The average Bonchev–Trinajstić information content (AvgIpc) is 2.67. The van der Waals surface area contributed by atoms with Crippen molar-refractivity contribution < 1.29 is 14.3 Å². The van der Waals surface area contributed by atoms with Crippen molar-refractivity contribution in [3.63, 3.8) is 0 Å². The highest BCUT2D eigenvalue weighted by Crippen LogP contribution is 2.19. The fraction of sp³-hybridized carbons (Fsp3) is 0.167. The molecule has 0 saturated carbocycles. The van der Waals surface area contributed by atoms with Crippen LogP contribution in [0.1, 0.15) is 27.0 Å². The summed E-state index contributed by atoms with van der Waals surface area (Å²) < 4.78 is 5.60. The van der Waals surface area contributed by atoms with Gasteiger partial charge < -0.3 is 15.4 Å². The molecule has 0 unspecified atom stereocenters. The Labute approximate surface area is 170 Å². The highest BCUT2D eigenvalue weighted by atomic mass is 16.5. The van der Waals surface area contributed by atoms with Crippen LogP contribution in [0.25, 0.3) is 0 Å².